The lowest BCUT2D eigenvalue weighted by molar-refractivity contribution is -0.141. The van der Waals surface area contributed by atoms with Crippen LogP contribution in [0.3, 0.4) is 0 Å². The number of hydrogen-bond donors (Lipinski definition) is 1. The van der Waals surface area contributed by atoms with E-state index in [0.29, 0.717) is 12.3 Å². The standard InChI is InChI=1S/C9H17NO2/c1-12-9(11)7-8-3-2-5-10-6-4-8/h8,10H,2-7H2,1H3/t8-/m1/s1. The summed E-state index contributed by atoms with van der Waals surface area (Å²) in [5.74, 6) is 0.467. The first-order chi connectivity index (χ1) is 5.83. The molecule has 0 amide bonds. The Morgan fingerprint density at radius 1 is 1.50 bits per heavy atom. The van der Waals surface area contributed by atoms with Crippen molar-refractivity contribution in [3.8, 4) is 0 Å². The van der Waals surface area contributed by atoms with Gasteiger partial charge in [0.1, 0.15) is 0 Å². The fourth-order valence-corrected chi connectivity index (χ4v) is 1.61. The van der Waals surface area contributed by atoms with Crippen LogP contribution in [0.2, 0.25) is 0 Å². The third kappa shape index (κ3) is 3.22. The molecule has 0 bridgehead atoms. The SMILES string of the molecule is COC(=O)C[C@@H]1CCCNCC1. The molecule has 0 aliphatic carbocycles. The number of hydrogen-bond acceptors (Lipinski definition) is 3. The highest BCUT2D eigenvalue weighted by Crippen LogP contribution is 2.17. The predicted octanol–water partition coefficient (Wildman–Crippen LogP) is 0.939. The highest BCUT2D eigenvalue weighted by atomic mass is 16.5. The normalized spacial score (nSPS) is 24.6. The van der Waals surface area contributed by atoms with Gasteiger partial charge in [-0.1, -0.05) is 0 Å². The van der Waals surface area contributed by atoms with Crippen molar-refractivity contribution in [3.63, 3.8) is 0 Å². The Kier molecular flexibility index (Phi) is 4.08. The summed E-state index contributed by atoms with van der Waals surface area (Å²) in [5, 5.41) is 3.32. The summed E-state index contributed by atoms with van der Waals surface area (Å²) in [5.41, 5.74) is 0. The Bertz CT molecular complexity index is 139. The lowest BCUT2D eigenvalue weighted by atomic mass is 9.97. The third-order valence-electron chi connectivity index (χ3n) is 2.38. The number of ether oxygens (including phenoxy) is 1. The predicted molar refractivity (Wildman–Crippen MR) is 46.8 cm³/mol. The molecule has 0 spiro atoms. The van der Waals surface area contributed by atoms with Crippen molar-refractivity contribution in [1.29, 1.82) is 0 Å². The number of esters is 1. The smallest absolute Gasteiger partial charge is 0.305 e. The molecule has 1 rings (SSSR count). The van der Waals surface area contributed by atoms with E-state index in [-0.39, 0.29) is 5.97 Å². The van der Waals surface area contributed by atoms with Gasteiger partial charge in [-0.15, -0.1) is 0 Å². The molecule has 0 aromatic carbocycles. The van der Waals surface area contributed by atoms with Crippen LogP contribution < -0.4 is 5.32 Å². The highest BCUT2D eigenvalue weighted by Gasteiger charge is 2.15. The van der Waals surface area contributed by atoms with E-state index in [1.165, 1.54) is 13.5 Å². The topological polar surface area (TPSA) is 38.3 Å². The molecule has 12 heavy (non-hydrogen) atoms. The van der Waals surface area contributed by atoms with E-state index in [4.69, 9.17) is 0 Å². The molecular weight excluding hydrogens is 154 g/mol. The monoisotopic (exact) mass is 171 g/mol. The zero-order valence-corrected chi connectivity index (χ0v) is 7.64. The molecule has 1 aliphatic heterocycles. The molecule has 1 N–H and O–H groups in total. The summed E-state index contributed by atoms with van der Waals surface area (Å²) in [6, 6.07) is 0. The molecule has 1 heterocycles. The van der Waals surface area contributed by atoms with E-state index in [2.05, 4.69) is 10.1 Å². The van der Waals surface area contributed by atoms with Crippen molar-refractivity contribution >= 4 is 5.97 Å². The minimum atomic E-state index is -0.0677. The quantitative estimate of drug-likeness (QED) is 0.628. The van der Waals surface area contributed by atoms with Gasteiger partial charge in [0, 0.05) is 6.42 Å². The van der Waals surface area contributed by atoms with Gasteiger partial charge in [-0.25, -0.2) is 0 Å². The van der Waals surface area contributed by atoms with Crippen LogP contribution in [-0.2, 0) is 9.53 Å². The van der Waals surface area contributed by atoms with Crippen molar-refractivity contribution in [2.24, 2.45) is 5.92 Å². The molecule has 0 unspecified atom stereocenters. The van der Waals surface area contributed by atoms with Gasteiger partial charge >= 0.3 is 5.97 Å². The third-order valence-corrected chi connectivity index (χ3v) is 2.38. The molecular formula is C9H17NO2. The summed E-state index contributed by atoms with van der Waals surface area (Å²) in [7, 11) is 1.46. The van der Waals surface area contributed by atoms with Crippen molar-refractivity contribution in [2.45, 2.75) is 25.7 Å². The zero-order valence-electron chi connectivity index (χ0n) is 7.64. The van der Waals surface area contributed by atoms with Gasteiger partial charge in [-0.05, 0) is 38.3 Å². The Labute approximate surface area is 73.5 Å². The van der Waals surface area contributed by atoms with Gasteiger partial charge in [0.15, 0.2) is 0 Å². The van der Waals surface area contributed by atoms with Gasteiger partial charge in [0.2, 0.25) is 0 Å². The van der Waals surface area contributed by atoms with Gasteiger partial charge < -0.3 is 10.1 Å². The van der Waals surface area contributed by atoms with E-state index >= 15 is 0 Å². The maximum absolute atomic E-state index is 10.9. The lowest BCUT2D eigenvalue weighted by Crippen LogP contribution is -2.15. The fraction of sp³-hybridized carbons (Fsp3) is 0.889. The van der Waals surface area contributed by atoms with E-state index in [9.17, 15) is 4.79 Å². The lowest BCUT2D eigenvalue weighted by Gasteiger charge is -2.10. The second kappa shape index (κ2) is 5.14. The van der Waals surface area contributed by atoms with Gasteiger partial charge in [0.05, 0.1) is 7.11 Å². The summed E-state index contributed by atoms with van der Waals surface area (Å²) in [6.07, 6.45) is 4.04. The Hall–Kier alpha value is -0.570. The van der Waals surface area contributed by atoms with E-state index in [0.717, 1.165) is 25.9 Å². The summed E-state index contributed by atoms with van der Waals surface area (Å²) >= 11 is 0. The molecule has 1 aliphatic rings. The van der Waals surface area contributed by atoms with Crippen LogP contribution in [0.5, 0.6) is 0 Å². The fourth-order valence-electron chi connectivity index (χ4n) is 1.61. The van der Waals surface area contributed by atoms with E-state index in [1.807, 2.05) is 0 Å². The molecule has 3 heteroatoms. The van der Waals surface area contributed by atoms with E-state index < -0.39 is 0 Å². The molecule has 1 fully saturated rings. The minimum absolute atomic E-state index is 0.0677. The molecule has 1 atom stereocenters. The Balaban J connectivity index is 2.24. The molecule has 0 aromatic rings. The van der Waals surface area contributed by atoms with Crippen LogP contribution >= 0.6 is 0 Å². The molecule has 0 saturated carbocycles. The first-order valence-electron chi connectivity index (χ1n) is 4.60. The number of methoxy groups -OCH3 is 1. The maximum Gasteiger partial charge on any atom is 0.305 e. The molecule has 0 radical (unpaired) electrons. The number of nitrogens with one attached hydrogen (secondary N) is 1. The van der Waals surface area contributed by atoms with E-state index in [1.54, 1.807) is 0 Å². The van der Waals surface area contributed by atoms with Gasteiger partial charge in [-0.3, -0.25) is 4.79 Å². The average Bonchev–Trinajstić information content (AvgIpc) is 2.33. The van der Waals surface area contributed by atoms with Crippen LogP contribution in [0, 0.1) is 5.92 Å². The maximum atomic E-state index is 10.9. The van der Waals surface area contributed by atoms with Gasteiger partial charge in [0.25, 0.3) is 0 Å². The second-order valence-electron chi connectivity index (χ2n) is 3.33. The minimum Gasteiger partial charge on any atom is -0.469 e. The molecule has 1 saturated heterocycles. The molecule has 70 valence electrons. The van der Waals surface area contributed by atoms with Crippen LogP contribution in [0.25, 0.3) is 0 Å². The van der Waals surface area contributed by atoms with Crippen molar-refractivity contribution in [2.75, 3.05) is 20.2 Å². The van der Waals surface area contributed by atoms with Gasteiger partial charge in [-0.2, -0.15) is 0 Å². The summed E-state index contributed by atoms with van der Waals surface area (Å²) < 4.78 is 4.63. The van der Waals surface area contributed by atoms with Crippen LogP contribution in [0.4, 0.5) is 0 Å². The number of rotatable bonds is 2. The van der Waals surface area contributed by atoms with Crippen molar-refractivity contribution in [3.05, 3.63) is 0 Å². The van der Waals surface area contributed by atoms with Crippen LogP contribution in [-0.4, -0.2) is 26.2 Å². The number of carbonyl (C=O) groups excluding carboxylic acids is 1. The summed E-state index contributed by atoms with van der Waals surface area (Å²) in [6.45, 7) is 2.14. The first kappa shape index (κ1) is 9.52. The average molecular weight is 171 g/mol. The molecule has 0 aromatic heterocycles. The van der Waals surface area contributed by atoms with Crippen LogP contribution in [0.15, 0.2) is 0 Å². The Morgan fingerprint density at radius 3 is 3.08 bits per heavy atom. The van der Waals surface area contributed by atoms with Crippen molar-refractivity contribution < 1.29 is 9.53 Å². The van der Waals surface area contributed by atoms with Crippen LogP contribution in [0.1, 0.15) is 25.7 Å². The molecule has 3 nitrogen and oxygen atoms in total. The largest absolute Gasteiger partial charge is 0.469 e. The summed E-state index contributed by atoms with van der Waals surface area (Å²) in [4.78, 5) is 10.9. The Morgan fingerprint density at radius 2 is 2.33 bits per heavy atom. The number of carbonyl (C=O) groups is 1. The van der Waals surface area contributed by atoms with Crippen molar-refractivity contribution in [1.82, 2.24) is 5.32 Å². The zero-order chi connectivity index (χ0) is 8.81. The highest BCUT2D eigenvalue weighted by molar-refractivity contribution is 5.69. The second-order valence-corrected chi connectivity index (χ2v) is 3.33. The first-order valence-corrected chi connectivity index (χ1v) is 4.60.